The maximum absolute atomic E-state index is 12.0. The Balaban J connectivity index is 2.60. The molecule has 0 spiro atoms. The van der Waals surface area contributed by atoms with Crippen molar-refractivity contribution in [3.05, 3.63) is 28.5 Å². The van der Waals surface area contributed by atoms with E-state index in [0.29, 0.717) is 17.3 Å². The summed E-state index contributed by atoms with van der Waals surface area (Å²) in [4.78, 5) is 16.0. The molecular formula is C14H21ClN2O2. The number of aliphatic hydroxyl groups excluding tert-OH is 1. The molecule has 19 heavy (non-hydrogen) atoms. The number of carbonyl (C=O) groups excluding carboxylic acids is 1. The molecule has 0 fully saturated rings. The molecule has 0 aromatic carbocycles. The summed E-state index contributed by atoms with van der Waals surface area (Å²) in [6, 6.07) is 3.27. The predicted molar refractivity (Wildman–Crippen MR) is 76.4 cm³/mol. The van der Waals surface area contributed by atoms with E-state index in [1.54, 1.807) is 19.1 Å². The molecule has 1 heterocycles. The first-order valence-corrected chi connectivity index (χ1v) is 6.75. The van der Waals surface area contributed by atoms with Gasteiger partial charge in [0, 0.05) is 24.4 Å². The molecule has 1 aromatic rings. The van der Waals surface area contributed by atoms with Crippen molar-refractivity contribution >= 4 is 17.5 Å². The summed E-state index contributed by atoms with van der Waals surface area (Å²) in [5.41, 5.74) is 1.21. The molecule has 0 atom stereocenters. The molecule has 2 N–H and O–H groups in total. The number of aliphatic hydroxyl groups is 1. The molecule has 1 rings (SSSR count). The van der Waals surface area contributed by atoms with Crippen LogP contribution in [0.5, 0.6) is 0 Å². The number of pyridine rings is 1. The van der Waals surface area contributed by atoms with Crippen LogP contribution in [0.1, 0.15) is 42.7 Å². The van der Waals surface area contributed by atoms with Gasteiger partial charge in [0.1, 0.15) is 5.15 Å². The molecule has 0 bridgehead atoms. The van der Waals surface area contributed by atoms with Gasteiger partial charge in [-0.3, -0.25) is 4.79 Å². The molecule has 0 aliphatic carbocycles. The monoisotopic (exact) mass is 284 g/mol. The molecule has 106 valence electrons. The fourth-order valence-corrected chi connectivity index (χ4v) is 2.08. The van der Waals surface area contributed by atoms with Crippen molar-refractivity contribution in [1.29, 1.82) is 0 Å². The lowest BCUT2D eigenvalue weighted by atomic mass is 9.88. The molecule has 0 aliphatic rings. The first-order valence-electron chi connectivity index (χ1n) is 6.37. The van der Waals surface area contributed by atoms with E-state index in [9.17, 15) is 4.79 Å². The third-order valence-electron chi connectivity index (χ3n) is 2.92. The molecule has 0 aliphatic heterocycles. The van der Waals surface area contributed by atoms with Gasteiger partial charge in [0.05, 0.1) is 0 Å². The van der Waals surface area contributed by atoms with Gasteiger partial charge in [-0.1, -0.05) is 25.4 Å². The molecule has 0 unspecified atom stereocenters. The highest BCUT2D eigenvalue weighted by atomic mass is 35.5. The lowest BCUT2D eigenvalue weighted by Gasteiger charge is -2.24. The van der Waals surface area contributed by atoms with Gasteiger partial charge in [-0.25, -0.2) is 4.98 Å². The predicted octanol–water partition coefficient (Wildman–Crippen LogP) is 2.57. The Morgan fingerprint density at radius 3 is 2.74 bits per heavy atom. The van der Waals surface area contributed by atoms with Crippen LogP contribution in [0.3, 0.4) is 0 Å². The number of halogens is 1. The Bertz CT molecular complexity index is 427. The van der Waals surface area contributed by atoms with Crippen molar-refractivity contribution < 1.29 is 9.90 Å². The van der Waals surface area contributed by atoms with Gasteiger partial charge < -0.3 is 10.4 Å². The van der Waals surface area contributed by atoms with E-state index >= 15 is 0 Å². The van der Waals surface area contributed by atoms with E-state index in [2.05, 4.69) is 24.1 Å². The second-order valence-electron chi connectivity index (χ2n) is 5.49. The van der Waals surface area contributed by atoms with E-state index in [0.717, 1.165) is 18.5 Å². The third-order valence-corrected chi connectivity index (χ3v) is 3.12. The van der Waals surface area contributed by atoms with Crippen LogP contribution in [-0.4, -0.2) is 29.1 Å². The normalized spacial score (nSPS) is 11.4. The standard InChI is InChI=1S/C14H21ClN2O2/c1-10-7-11(8-12(15)17-10)13(19)16-9-14(2,3)5-4-6-18/h7-8,18H,4-6,9H2,1-3H3,(H,16,19). The van der Waals surface area contributed by atoms with E-state index in [1.807, 2.05) is 0 Å². The Kier molecular flexibility index (Phi) is 5.76. The Labute approximate surface area is 119 Å². The van der Waals surface area contributed by atoms with Crippen molar-refractivity contribution in [3.63, 3.8) is 0 Å². The van der Waals surface area contributed by atoms with Crippen molar-refractivity contribution in [2.45, 2.75) is 33.6 Å². The van der Waals surface area contributed by atoms with Gasteiger partial charge >= 0.3 is 0 Å². The summed E-state index contributed by atoms with van der Waals surface area (Å²) in [5, 5.41) is 12.1. The number of carbonyl (C=O) groups is 1. The average molecular weight is 285 g/mol. The first kappa shape index (κ1) is 15.9. The summed E-state index contributed by atoms with van der Waals surface area (Å²) < 4.78 is 0. The highest BCUT2D eigenvalue weighted by Crippen LogP contribution is 2.21. The molecule has 4 nitrogen and oxygen atoms in total. The van der Waals surface area contributed by atoms with Gasteiger partial charge in [-0.15, -0.1) is 0 Å². The minimum Gasteiger partial charge on any atom is -0.396 e. The number of hydrogen-bond donors (Lipinski definition) is 2. The van der Waals surface area contributed by atoms with Crippen molar-refractivity contribution in [1.82, 2.24) is 10.3 Å². The SMILES string of the molecule is Cc1cc(C(=O)NCC(C)(C)CCCO)cc(Cl)n1. The van der Waals surface area contributed by atoms with Crippen molar-refractivity contribution in [3.8, 4) is 0 Å². The van der Waals surface area contributed by atoms with Crippen LogP contribution in [0.25, 0.3) is 0 Å². The number of nitrogens with one attached hydrogen (secondary N) is 1. The van der Waals surface area contributed by atoms with Crippen molar-refractivity contribution in [2.75, 3.05) is 13.2 Å². The molecule has 1 aromatic heterocycles. The average Bonchev–Trinajstić information content (AvgIpc) is 2.32. The number of aryl methyl sites for hydroxylation is 1. The minimum absolute atomic E-state index is 0.0374. The summed E-state index contributed by atoms with van der Waals surface area (Å²) in [6.45, 7) is 6.66. The maximum atomic E-state index is 12.0. The van der Waals surface area contributed by atoms with Gasteiger partial charge in [0.15, 0.2) is 0 Å². The van der Waals surface area contributed by atoms with Crippen LogP contribution < -0.4 is 5.32 Å². The fraction of sp³-hybridized carbons (Fsp3) is 0.571. The maximum Gasteiger partial charge on any atom is 0.251 e. The highest BCUT2D eigenvalue weighted by Gasteiger charge is 2.19. The molecule has 0 saturated heterocycles. The molecule has 5 heteroatoms. The summed E-state index contributed by atoms with van der Waals surface area (Å²) >= 11 is 5.83. The molecular weight excluding hydrogens is 264 g/mol. The largest absolute Gasteiger partial charge is 0.396 e. The number of amides is 1. The molecule has 0 radical (unpaired) electrons. The van der Waals surface area contributed by atoms with Crippen LogP contribution in [0.2, 0.25) is 5.15 Å². The topological polar surface area (TPSA) is 62.2 Å². The zero-order valence-electron chi connectivity index (χ0n) is 11.7. The van der Waals surface area contributed by atoms with Crippen LogP contribution >= 0.6 is 11.6 Å². The van der Waals surface area contributed by atoms with Gasteiger partial charge in [-0.2, -0.15) is 0 Å². The van der Waals surface area contributed by atoms with E-state index in [-0.39, 0.29) is 17.9 Å². The van der Waals surface area contributed by atoms with Crippen molar-refractivity contribution in [2.24, 2.45) is 5.41 Å². The number of aromatic nitrogens is 1. The third kappa shape index (κ3) is 5.57. The number of rotatable bonds is 6. The minimum atomic E-state index is -0.149. The second kappa shape index (κ2) is 6.87. The van der Waals surface area contributed by atoms with Gasteiger partial charge in [0.2, 0.25) is 0 Å². The first-order chi connectivity index (χ1) is 8.84. The van der Waals surface area contributed by atoms with E-state index in [4.69, 9.17) is 16.7 Å². The lowest BCUT2D eigenvalue weighted by Crippen LogP contribution is -2.34. The van der Waals surface area contributed by atoms with Crippen LogP contribution in [0, 0.1) is 12.3 Å². The molecule has 1 amide bonds. The zero-order chi connectivity index (χ0) is 14.5. The fourth-order valence-electron chi connectivity index (χ4n) is 1.83. The highest BCUT2D eigenvalue weighted by molar-refractivity contribution is 6.29. The molecule has 0 saturated carbocycles. The number of hydrogen-bond acceptors (Lipinski definition) is 3. The smallest absolute Gasteiger partial charge is 0.251 e. The Morgan fingerprint density at radius 1 is 1.47 bits per heavy atom. The Morgan fingerprint density at radius 2 is 2.16 bits per heavy atom. The lowest BCUT2D eigenvalue weighted by molar-refractivity contribution is 0.0932. The van der Waals surface area contributed by atoms with E-state index < -0.39 is 0 Å². The summed E-state index contributed by atoms with van der Waals surface area (Å²) in [5.74, 6) is -0.149. The van der Waals surface area contributed by atoms with Crippen LogP contribution in [0.15, 0.2) is 12.1 Å². The van der Waals surface area contributed by atoms with Gasteiger partial charge in [0.25, 0.3) is 5.91 Å². The van der Waals surface area contributed by atoms with Crippen LogP contribution in [0.4, 0.5) is 0 Å². The number of nitrogens with zero attached hydrogens (tertiary/aromatic N) is 1. The zero-order valence-corrected chi connectivity index (χ0v) is 12.4. The second-order valence-corrected chi connectivity index (χ2v) is 5.88. The Hall–Kier alpha value is -1.13. The van der Waals surface area contributed by atoms with Crippen LogP contribution in [-0.2, 0) is 0 Å². The van der Waals surface area contributed by atoms with E-state index in [1.165, 1.54) is 0 Å². The van der Waals surface area contributed by atoms with Gasteiger partial charge in [-0.05, 0) is 37.3 Å². The quantitative estimate of drug-likeness (QED) is 0.789. The summed E-state index contributed by atoms with van der Waals surface area (Å²) in [7, 11) is 0. The summed E-state index contributed by atoms with van der Waals surface area (Å²) in [6.07, 6.45) is 1.60.